The summed E-state index contributed by atoms with van der Waals surface area (Å²) in [5.74, 6) is 0.925. The Morgan fingerprint density at radius 3 is 2.24 bits per heavy atom. The molecule has 0 unspecified atom stereocenters. The first-order valence-electron chi connectivity index (χ1n) is 7.52. The van der Waals surface area contributed by atoms with Crippen LogP contribution in [0.2, 0.25) is 0 Å². The smallest absolute Gasteiger partial charge is 0.490 e. The van der Waals surface area contributed by atoms with Gasteiger partial charge in [0.2, 0.25) is 0 Å². The van der Waals surface area contributed by atoms with Gasteiger partial charge < -0.3 is 14.0 Å². The summed E-state index contributed by atoms with van der Waals surface area (Å²) in [4.78, 5) is 1.18. The number of hydrogen-bond donors (Lipinski definition) is 0. The molecule has 1 heterocycles. The molecule has 1 aromatic rings. The van der Waals surface area contributed by atoms with Crippen molar-refractivity contribution in [3.8, 4) is 5.75 Å². The molecule has 0 spiro atoms. The molecule has 114 valence electrons. The number of rotatable bonds is 4. The Bertz CT molecular complexity index is 524. The molecule has 21 heavy (non-hydrogen) atoms. The van der Waals surface area contributed by atoms with Crippen LogP contribution in [0.3, 0.4) is 0 Å². The Labute approximate surface area is 131 Å². The van der Waals surface area contributed by atoms with Crippen LogP contribution < -0.4 is 10.2 Å². The van der Waals surface area contributed by atoms with Crippen molar-refractivity contribution in [2.45, 2.75) is 62.7 Å². The SMILES string of the molecule is CSc1cc(OC2CC2)cc(B2OC(C)(C)C(C)(C)O2)c1. The molecule has 1 aromatic carbocycles. The van der Waals surface area contributed by atoms with Gasteiger partial charge in [0.15, 0.2) is 0 Å². The normalized spacial score (nSPS) is 23.4. The first kappa shape index (κ1) is 15.3. The fourth-order valence-electron chi connectivity index (χ4n) is 2.27. The molecule has 1 saturated carbocycles. The van der Waals surface area contributed by atoms with E-state index in [1.54, 1.807) is 11.8 Å². The molecule has 2 fully saturated rings. The van der Waals surface area contributed by atoms with Gasteiger partial charge in [0.25, 0.3) is 0 Å². The summed E-state index contributed by atoms with van der Waals surface area (Å²) < 4.78 is 18.2. The molecular weight excluding hydrogens is 283 g/mol. The largest absolute Gasteiger partial charge is 0.495 e. The zero-order chi connectivity index (χ0) is 15.3. The van der Waals surface area contributed by atoms with Crippen molar-refractivity contribution in [3.63, 3.8) is 0 Å². The van der Waals surface area contributed by atoms with Crippen LogP contribution in [0, 0.1) is 0 Å². The van der Waals surface area contributed by atoms with Gasteiger partial charge >= 0.3 is 7.12 Å². The van der Waals surface area contributed by atoms with E-state index in [-0.39, 0.29) is 18.3 Å². The first-order valence-corrected chi connectivity index (χ1v) is 8.74. The van der Waals surface area contributed by atoms with E-state index < -0.39 is 0 Å². The lowest BCUT2D eigenvalue weighted by Crippen LogP contribution is -2.41. The Hall–Kier alpha value is -0.645. The second-order valence-electron chi connectivity index (χ2n) is 6.85. The Kier molecular flexibility index (Phi) is 3.79. The van der Waals surface area contributed by atoms with E-state index in [0.717, 1.165) is 24.1 Å². The second kappa shape index (κ2) is 5.22. The molecule has 1 aliphatic carbocycles. The minimum absolute atomic E-state index is 0.315. The topological polar surface area (TPSA) is 27.7 Å². The summed E-state index contributed by atoms with van der Waals surface area (Å²) in [5, 5.41) is 0. The maximum Gasteiger partial charge on any atom is 0.495 e. The maximum absolute atomic E-state index is 6.14. The molecule has 0 bridgehead atoms. The second-order valence-corrected chi connectivity index (χ2v) is 7.73. The summed E-state index contributed by atoms with van der Waals surface area (Å²) in [6.07, 6.45) is 4.79. The van der Waals surface area contributed by atoms with E-state index >= 15 is 0 Å². The lowest BCUT2D eigenvalue weighted by Gasteiger charge is -2.32. The predicted molar refractivity (Wildman–Crippen MR) is 87.6 cm³/mol. The van der Waals surface area contributed by atoms with E-state index in [0.29, 0.717) is 6.10 Å². The Morgan fingerprint density at radius 1 is 1.10 bits per heavy atom. The van der Waals surface area contributed by atoms with Crippen LogP contribution in [0.4, 0.5) is 0 Å². The Morgan fingerprint density at radius 2 is 1.71 bits per heavy atom. The van der Waals surface area contributed by atoms with Crippen LogP contribution in [0.15, 0.2) is 23.1 Å². The number of ether oxygens (including phenoxy) is 1. The van der Waals surface area contributed by atoms with Crippen molar-refractivity contribution in [2.75, 3.05) is 6.26 Å². The summed E-state index contributed by atoms with van der Waals surface area (Å²) in [6, 6.07) is 6.28. The van der Waals surface area contributed by atoms with Gasteiger partial charge in [0, 0.05) is 4.90 Å². The van der Waals surface area contributed by atoms with Gasteiger partial charge in [0.1, 0.15) is 5.75 Å². The highest BCUT2D eigenvalue weighted by molar-refractivity contribution is 7.98. The molecule has 5 heteroatoms. The van der Waals surface area contributed by atoms with E-state index in [9.17, 15) is 0 Å². The molecule has 0 aromatic heterocycles. The predicted octanol–water partition coefficient (Wildman–Crippen LogP) is 3.25. The Balaban J connectivity index is 1.87. The lowest BCUT2D eigenvalue weighted by molar-refractivity contribution is 0.00578. The highest BCUT2D eigenvalue weighted by Gasteiger charge is 2.51. The van der Waals surface area contributed by atoms with Crippen molar-refractivity contribution in [2.24, 2.45) is 0 Å². The average Bonchev–Trinajstić information content (AvgIpc) is 3.16. The highest BCUT2D eigenvalue weighted by Crippen LogP contribution is 2.37. The van der Waals surface area contributed by atoms with E-state index in [1.807, 2.05) is 0 Å². The summed E-state index contributed by atoms with van der Waals surface area (Å²) in [6.45, 7) is 8.31. The standard InChI is InChI=1S/C16H23BO3S/c1-15(2)16(3,4)20-17(19-15)11-8-13(18-12-6-7-12)10-14(9-11)21-5/h8-10,12H,6-7H2,1-5H3. The van der Waals surface area contributed by atoms with Crippen molar-refractivity contribution in [3.05, 3.63) is 18.2 Å². The van der Waals surface area contributed by atoms with Gasteiger partial charge in [-0.15, -0.1) is 11.8 Å². The molecule has 1 saturated heterocycles. The number of thioether (sulfide) groups is 1. The molecule has 0 radical (unpaired) electrons. The zero-order valence-electron chi connectivity index (χ0n) is 13.4. The van der Waals surface area contributed by atoms with Crippen molar-refractivity contribution < 1.29 is 14.0 Å². The molecule has 3 nitrogen and oxygen atoms in total. The summed E-state index contributed by atoms with van der Waals surface area (Å²) in [7, 11) is -0.330. The van der Waals surface area contributed by atoms with Gasteiger partial charge in [-0.1, -0.05) is 0 Å². The molecular formula is C16H23BO3S. The zero-order valence-corrected chi connectivity index (χ0v) is 14.3. The third kappa shape index (κ3) is 3.10. The van der Waals surface area contributed by atoms with Crippen molar-refractivity contribution >= 4 is 24.3 Å². The molecule has 0 amide bonds. The summed E-state index contributed by atoms with van der Waals surface area (Å²) in [5.41, 5.74) is 0.408. The fourth-order valence-corrected chi connectivity index (χ4v) is 2.76. The molecule has 2 aliphatic rings. The number of benzene rings is 1. The van der Waals surface area contributed by atoms with Gasteiger partial charge in [-0.05, 0) is 70.5 Å². The van der Waals surface area contributed by atoms with Crippen LogP contribution in [-0.2, 0) is 9.31 Å². The number of hydrogen-bond acceptors (Lipinski definition) is 4. The lowest BCUT2D eigenvalue weighted by atomic mass is 9.79. The van der Waals surface area contributed by atoms with Crippen molar-refractivity contribution in [1.82, 2.24) is 0 Å². The molecule has 0 atom stereocenters. The molecule has 1 aliphatic heterocycles. The minimum atomic E-state index is -0.330. The van der Waals surface area contributed by atoms with Gasteiger partial charge in [0.05, 0.1) is 17.3 Å². The van der Waals surface area contributed by atoms with E-state index in [1.165, 1.54) is 4.90 Å². The van der Waals surface area contributed by atoms with E-state index in [4.69, 9.17) is 14.0 Å². The van der Waals surface area contributed by atoms with Gasteiger partial charge in [-0.25, -0.2) is 0 Å². The average molecular weight is 306 g/mol. The maximum atomic E-state index is 6.14. The van der Waals surface area contributed by atoms with Crippen LogP contribution in [0.25, 0.3) is 0 Å². The van der Waals surface area contributed by atoms with Crippen LogP contribution in [0.1, 0.15) is 40.5 Å². The van der Waals surface area contributed by atoms with Crippen molar-refractivity contribution in [1.29, 1.82) is 0 Å². The monoisotopic (exact) mass is 306 g/mol. The van der Waals surface area contributed by atoms with Crippen LogP contribution in [-0.4, -0.2) is 30.7 Å². The quantitative estimate of drug-likeness (QED) is 0.630. The van der Waals surface area contributed by atoms with Gasteiger partial charge in [-0.3, -0.25) is 0 Å². The summed E-state index contributed by atoms with van der Waals surface area (Å²) >= 11 is 1.71. The first-order chi connectivity index (χ1) is 9.80. The molecule has 3 rings (SSSR count). The van der Waals surface area contributed by atoms with E-state index in [2.05, 4.69) is 52.1 Å². The third-order valence-electron chi connectivity index (χ3n) is 4.49. The minimum Gasteiger partial charge on any atom is -0.490 e. The third-order valence-corrected chi connectivity index (χ3v) is 5.20. The van der Waals surface area contributed by atoms with Crippen LogP contribution >= 0.6 is 11.8 Å². The molecule has 0 N–H and O–H groups in total. The van der Waals surface area contributed by atoms with Crippen LogP contribution in [0.5, 0.6) is 5.75 Å². The van der Waals surface area contributed by atoms with Gasteiger partial charge in [-0.2, -0.15) is 0 Å². The highest BCUT2D eigenvalue weighted by atomic mass is 32.2. The fraction of sp³-hybridized carbons (Fsp3) is 0.625.